The summed E-state index contributed by atoms with van der Waals surface area (Å²) in [6.45, 7) is 4.12. The van der Waals surface area contributed by atoms with Gasteiger partial charge in [0.15, 0.2) is 5.65 Å². The fourth-order valence-electron chi connectivity index (χ4n) is 3.45. The van der Waals surface area contributed by atoms with Crippen LogP contribution in [0.15, 0.2) is 16.9 Å². The number of aromatic nitrogens is 3. The molecule has 0 aromatic carbocycles. The summed E-state index contributed by atoms with van der Waals surface area (Å²) in [5.41, 5.74) is 0.613. The zero-order chi connectivity index (χ0) is 18.0. The molecule has 0 radical (unpaired) electrons. The Morgan fingerprint density at radius 1 is 1.20 bits per heavy atom. The van der Waals surface area contributed by atoms with Crippen molar-refractivity contribution in [1.82, 2.24) is 19.9 Å². The molecule has 2 unspecified atom stereocenters. The van der Waals surface area contributed by atoms with Gasteiger partial charge >= 0.3 is 5.69 Å². The van der Waals surface area contributed by atoms with Gasteiger partial charge < -0.3 is 15.2 Å². The molecular weight excluding hydrogens is 322 g/mol. The molecule has 3 heterocycles. The maximum atomic E-state index is 12.4. The minimum atomic E-state index is -0.346. The summed E-state index contributed by atoms with van der Waals surface area (Å²) >= 11 is 0. The Bertz CT molecular complexity index is 830. The first-order chi connectivity index (χ1) is 11.9. The standard InChI is InChI=1S/C17H23N5O3/c1-10-4-3-5-11(2)22(10)15(24)9-8-14(23)19-13-7-6-12-16(20-13)21-17(25)18-12/h6-7,10-11H,3-5,8-9H2,1-2H3,(H3,18,19,20,21,23,25). The second-order valence-corrected chi connectivity index (χ2v) is 6.65. The lowest BCUT2D eigenvalue weighted by molar-refractivity contribution is -0.138. The maximum Gasteiger partial charge on any atom is 0.325 e. The average Bonchev–Trinajstić information content (AvgIpc) is 2.92. The van der Waals surface area contributed by atoms with Crippen LogP contribution in [0.25, 0.3) is 11.2 Å². The van der Waals surface area contributed by atoms with Crippen LogP contribution < -0.4 is 11.0 Å². The van der Waals surface area contributed by atoms with Crippen molar-refractivity contribution in [3.05, 3.63) is 22.6 Å². The van der Waals surface area contributed by atoms with Crippen molar-refractivity contribution in [1.29, 1.82) is 0 Å². The van der Waals surface area contributed by atoms with Crippen molar-refractivity contribution in [2.45, 2.75) is 58.0 Å². The first-order valence-corrected chi connectivity index (χ1v) is 8.64. The number of imidazole rings is 1. The van der Waals surface area contributed by atoms with Crippen LogP contribution in [0.1, 0.15) is 46.0 Å². The number of nitrogens with one attached hydrogen (secondary N) is 3. The van der Waals surface area contributed by atoms with Crippen molar-refractivity contribution >= 4 is 28.8 Å². The number of H-pyrrole nitrogens is 2. The summed E-state index contributed by atoms with van der Waals surface area (Å²) in [6, 6.07) is 3.74. The van der Waals surface area contributed by atoms with E-state index in [0.29, 0.717) is 17.0 Å². The van der Waals surface area contributed by atoms with Crippen LogP contribution in [-0.4, -0.2) is 43.7 Å². The number of aromatic amines is 2. The third-order valence-corrected chi connectivity index (χ3v) is 4.69. The Morgan fingerprint density at radius 2 is 1.92 bits per heavy atom. The molecule has 1 aliphatic heterocycles. The summed E-state index contributed by atoms with van der Waals surface area (Å²) in [5, 5.41) is 2.67. The number of piperidine rings is 1. The highest BCUT2D eigenvalue weighted by Gasteiger charge is 2.28. The van der Waals surface area contributed by atoms with E-state index in [2.05, 4.69) is 34.1 Å². The third kappa shape index (κ3) is 3.89. The van der Waals surface area contributed by atoms with Gasteiger partial charge in [-0.05, 0) is 45.2 Å². The summed E-state index contributed by atoms with van der Waals surface area (Å²) in [4.78, 5) is 47.0. The van der Waals surface area contributed by atoms with Gasteiger partial charge in [-0.3, -0.25) is 14.6 Å². The number of rotatable bonds is 4. The third-order valence-electron chi connectivity index (χ3n) is 4.69. The minimum Gasteiger partial charge on any atom is -0.337 e. The van der Waals surface area contributed by atoms with Crippen molar-refractivity contribution in [3.63, 3.8) is 0 Å². The highest BCUT2D eigenvalue weighted by molar-refractivity contribution is 5.93. The molecule has 134 valence electrons. The van der Waals surface area contributed by atoms with Gasteiger partial charge in [-0.2, -0.15) is 0 Å². The van der Waals surface area contributed by atoms with E-state index in [1.165, 1.54) is 0 Å². The lowest BCUT2D eigenvalue weighted by Gasteiger charge is -2.39. The number of pyridine rings is 1. The van der Waals surface area contributed by atoms with Crippen molar-refractivity contribution < 1.29 is 9.59 Å². The molecule has 0 spiro atoms. The number of anilines is 1. The second-order valence-electron chi connectivity index (χ2n) is 6.65. The Morgan fingerprint density at radius 3 is 2.64 bits per heavy atom. The van der Waals surface area contributed by atoms with E-state index < -0.39 is 0 Å². The molecule has 2 amide bonds. The molecule has 0 bridgehead atoms. The first kappa shape index (κ1) is 17.2. The van der Waals surface area contributed by atoms with E-state index in [9.17, 15) is 14.4 Å². The molecule has 8 heteroatoms. The Hall–Kier alpha value is -2.64. The summed E-state index contributed by atoms with van der Waals surface area (Å²) in [6.07, 6.45) is 3.46. The van der Waals surface area contributed by atoms with Crippen molar-refractivity contribution in [2.75, 3.05) is 5.32 Å². The number of fused-ring (bicyclic) bond motifs is 1. The van der Waals surface area contributed by atoms with Crippen molar-refractivity contribution in [3.8, 4) is 0 Å². The number of carbonyl (C=O) groups is 2. The van der Waals surface area contributed by atoms with E-state index in [0.717, 1.165) is 19.3 Å². The van der Waals surface area contributed by atoms with Crippen LogP contribution in [0, 0.1) is 0 Å². The van der Waals surface area contributed by atoms with E-state index in [-0.39, 0.29) is 42.4 Å². The summed E-state index contributed by atoms with van der Waals surface area (Å²) in [5.74, 6) is 0.100. The van der Waals surface area contributed by atoms with Crippen LogP contribution in [0.4, 0.5) is 5.82 Å². The van der Waals surface area contributed by atoms with Crippen LogP contribution >= 0.6 is 0 Å². The van der Waals surface area contributed by atoms with Crippen LogP contribution in [0.5, 0.6) is 0 Å². The number of carbonyl (C=O) groups excluding carboxylic acids is 2. The van der Waals surface area contributed by atoms with E-state index in [1.54, 1.807) is 12.1 Å². The van der Waals surface area contributed by atoms with Gasteiger partial charge in [-0.1, -0.05) is 0 Å². The quantitative estimate of drug-likeness (QED) is 0.784. The summed E-state index contributed by atoms with van der Waals surface area (Å²) in [7, 11) is 0. The fourth-order valence-corrected chi connectivity index (χ4v) is 3.45. The van der Waals surface area contributed by atoms with Gasteiger partial charge in [0.05, 0.1) is 5.52 Å². The number of hydrogen-bond donors (Lipinski definition) is 3. The maximum absolute atomic E-state index is 12.4. The molecule has 2 aromatic rings. The predicted molar refractivity (Wildman–Crippen MR) is 94.2 cm³/mol. The number of nitrogens with zero attached hydrogens (tertiary/aromatic N) is 2. The van der Waals surface area contributed by atoms with Gasteiger partial charge in [0.25, 0.3) is 0 Å². The topological polar surface area (TPSA) is 111 Å². The molecule has 2 aromatic heterocycles. The molecule has 0 saturated carbocycles. The number of amides is 2. The Labute approximate surface area is 145 Å². The molecule has 1 fully saturated rings. The molecule has 8 nitrogen and oxygen atoms in total. The molecule has 25 heavy (non-hydrogen) atoms. The monoisotopic (exact) mass is 345 g/mol. The van der Waals surface area contributed by atoms with Gasteiger partial charge in [0.1, 0.15) is 5.82 Å². The largest absolute Gasteiger partial charge is 0.337 e. The van der Waals surface area contributed by atoms with Gasteiger partial charge in [0, 0.05) is 24.9 Å². The first-order valence-electron chi connectivity index (χ1n) is 8.64. The molecule has 3 rings (SSSR count). The normalized spacial score (nSPS) is 20.6. The Kier molecular flexibility index (Phi) is 4.87. The SMILES string of the molecule is CC1CCCC(C)N1C(=O)CCC(=O)Nc1ccc2[nH]c(=O)[nH]c2n1. The Balaban J connectivity index is 1.56. The molecular formula is C17H23N5O3. The van der Waals surface area contributed by atoms with Crippen LogP contribution in [-0.2, 0) is 9.59 Å². The minimum absolute atomic E-state index is 0.0215. The van der Waals surface area contributed by atoms with E-state index in [4.69, 9.17) is 0 Å². The number of hydrogen-bond acceptors (Lipinski definition) is 4. The van der Waals surface area contributed by atoms with Crippen LogP contribution in [0.3, 0.4) is 0 Å². The average molecular weight is 345 g/mol. The fraction of sp³-hybridized carbons (Fsp3) is 0.529. The molecule has 1 aliphatic rings. The van der Waals surface area contributed by atoms with Crippen molar-refractivity contribution in [2.24, 2.45) is 0 Å². The second kappa shape index (κ2) is 7.08. The molecule has 1 saturated heterocycles. The van der Waals surface area contributed by atoms with Crippen LogP contribution in [0.2, 0.25) is 0 Å². The van der Waals surface area contributed by atoms with Gasteiger partial charge in [0.2, 0.25) is 11.8 Å². The molecule has 0 aliphatic carbocycles. The highest BCUT2D eigenvalue weighted by atomic mass is 16.2. The molecule has 2 atom stereocenters. The number of likely N-dealkylation sites (tertiary alicyclic amines) is 1. The van der Waals surface area contributed by atoms with E-state index in [1.807, 2.05) is 4.90 Å². The van der Waals surface area contributed by atoms with Gasteiger partial charge in [-0.15, -0.1) is 0 Å². The zero-order valence-corrected chi connectivity index (χ0v) is 14.5. The molecule has 3 N–H and O–H groups in total. The zero-order valence-electron chi connectivity index (χ0n) is 14.5. The van der Waals surface area contributed by atoms with Gasteiger partial charge in [-0.25, -0.2) is 9.78 Å². The summed E-state index contributed by atoms with van der Waals surface area (Å²) < 4.78 is 0. The smallest absolute Gasteiger partial charge is 0.325 e. The van der Waals surface area contributed by atoms with E-state index >= 15 is 0 Å². The lowest BCUT2D eigenvalue weighted by Crippen LogP contribution is -2.47. The highest BCUT2D eigenvalue weighted by Crippen LogP contribution is 2.23. The predicted octanol–water partition coefficient (Wildman–Crippen LogP) is 1.76. The lowest BCUT2D eigenvalue weighted by atomic mass is 9.97.